The van der Waals surface area contributed by atoms with Gasteiger partial charge in [-0.15, -0.1) is 0 Å². The number of ether oxygens (including phenoxy) is 1. The molecule has 1 amide bonds. The minimum absolute atomic E-state index is 0.125. The number of nitrogens with one attached hydrogen (secondary N) is 1. The second-order valence-electron chi connectivity index (χ2n) is 4.54. The van der Waals surface area contributed by atoms with Crippen molar-refractivity contribution in [2.24, 2.45) is 0 Å². The highest BCUT2D eigenvalue weighted by Gasteiger charge is 2.09. The molecule has 20 heavy (non-hydrogen) atoms. The molecule has 0 spiro atoms. The number of benzene rings is 2. The summed E-state index contributed by atoms with van der Waals surface area (Å²) >= 11 is 0. The molecular formula is C16H17NO3. The molecule has 0 radical (unpaired) electrons. The summed E-state index contributed by atoms with van der Waals surface area (Å²) in [5, 5.41) is 12.3. The molecule has 0 aromatic heterocycles. The number of carbonyl (C=O) groups is 1. The molecule has 0 saturated heterocycles. The summed E-state index contributed by atoms with van der Waals surface area (Å²) in [6.07, 6.45) is 0.240. The zero-order chi connectivity index (χ0) is 14.5. The van der Waals surface area contributed by atoms with E-state index >= 15 is 0 Å². The zero-order valence-electron chi connectivity index (χ0n) is 11.5. The van der Waals surface area contributed by atoms with Gasteiger partial charge < -0.3 is 15.2 Å². The molecule has 4 heteroatoms. The average molecular weight is 271 g/mol. The molecule has 4 nitrogen and oxygen atoms in total. The standard InChI is InChI=1S/C16H17NO3/c1-11-9-13(7-8-14(11)18)17-16(19)10-12-5-3-4-6-15(12)20-2/h3-9,18H,10H2,1-2H3,(H,17,19). The number of rotatable bonds is 4. The Bertz CT molecular complexity index is 623. The quantitative estimate of drug-likeness (QED) is 0.841. The molecule has 0 aliphatic rings. The van der Waals surface area contributed by atoms with Gasteiger partial charge in [-0.1, -0.05) is 18.2 Å². The first kappa shape index (κ1) is 13.9. The van der Waals surface area contributed by atoms with E-state index in [1.165, 1.54) is 0 Å². The van der Waals surface area contributed by atoms with Crippen LogP contribution in [-0.2, 0) is 11.2 Å². The summed E-state index contributed by atoms with van der Waals surface area (Å²) < 4.78 is 5.22. The lowest BCUT2D eigenvalue weighted by atomic mass is 10.1. The molecule has 0 unspecified atom stereocenters. The number of hydrogen-bond donors (Lipinski definition) is 2. The highest BCUT2D eigenvalue weighted by Crippen LogP contribution is 2.21. The lowest BCUT2D eigenvalue weighted by Crippen LogP contribution is -2.14. The van der Waals surface area contributed by atoms with Crippen LogP contribution in [0.15, 0.2) is 42.5 Å². The molecule has 0 aliphatic heterocycles. The van der Waals surface area contributed by atoms with Crippen molar-refractivity contribution in [3.63, 3.8) is 0 Å². The van der Waals surface area contributed by atoms with Gasteiger partial charge in [0.2, 0.25) is 5.91 Å². The van der Waals surface area contributed by atoms with Crippen molar-refractivity contribution in [3.8, 4) is 11.5 Å². The first-order valence-electron chi connectivity index (χ1n) is 6.31. The van der Waals surface area contributed by atoms with E-state index in [9.17, 15) is 9.90 Å². The van der Waals surface area contributed by atoms with Gasteiger partial charge in [0, 0.05) is 11.3 Å². The van der Waals surface area contributed by atoms with Crippen LogP contribution in [0.5, 0.6) is 11.5 Å². The Morgan fingerprint density at radius 2 is 2.00 bits per heavy atom. The Balaban J connectivity index is 2.07. The van der Waals surface area contributed by atoms with Gasteiger partial charge in [0.15, 0.2) is 0 Å². The number of para-hydroxylation sites is 1. The van der Waals surface area contributed by atoms with Crippen LogP contribution in [0.4, 0.5) is 5.69 Å². The van der Waals surface area contributed by atoms with E-state index < -0.39 is 0 Å². The maximum atomic E-state index is 12.0. The van der Waals surface area contributed by atoms with Crippen molar-refractivity contribution in [1.29, 1.82) is 0 Å². The van der Waals surface area contributed by atoms with Crippen LogP contribution in [0.2, 0.25) is 0 Å². The topological polar surface area (TPSA) is 58.6 Å². The number of hydrogen-bond acceptors (Lipinski definition) is 3. The fraction of sp³-hybridized carbons (Fsp3) is 0.188. The molecule has 0 fully saturated rings. The lowest BCUT2D eigenvalue weighted by Gasteiger charge is -2.09. The van der Waals surface area contributed by atoms with Crippen molar-refractivity contribution in [3.05, 3.63) is 53.6 Å². The molecule has 2 rings (SSSR count). The van der Waals surface area contributed by atoms with Gasteiger partial charge in [-0.05, 0) is 36.8 Å². The Kier molecular flexibility index (Phi) is 4.25. The van der Waals surface area contributed by atoms with Gasteiger partial charge in [-0.3, -0.25) is 4.79 Å². The number of methoxy groups -OCH3 is 1. The van der Waals surface area contributed by atoms with Crippen LogP contribution >= 0.6 is 0 Å². The number of phenolic OH excluding ortho intramolecular Hbond substituents is 1. The Morgan fingerprint density at radius 3 is 2.70 bits per heavy atom. The molecule has 0 heterocycles. The number of aromatic hydroxyl groups is 1. The zero-order valence-corrected chi connectivity index (χ0v) is 11.5. The van der Waals surface area contributed by atoms with E-state index in [-0.39, 0.29) is 18.1 Å². The first-order chi connectivity index (χ1) is 9.60. The smallest absolute Gasteiger partial charge is 0.228 e. The third-order valence-corrected chi connectivity index (χ3v) is 3.02. The van der Waals surface area contributed by atoms with Crippen LogP contribution in [0.25, 0.3) is 0 Å². The van der Waals surface area contributed by atoms with E-state index in [2.05, 4.69) is 5.32 Å². The van der Waals surface area contributed by atoms with Crippen molar-refractivity contribution in [2.45, 2.75) is 13.3 Å². The molecule has 0 bridgehead atoms. The molecule has 2 aromatic carbocycles. The molecule has 104 valence electrons. The van der Waals surface area contributed by atoms with Crippen LogP contribution in [0, 0.1) is 6.92 Å². The van der Waals surface area contributed by atoms with Crippen LogP contribution in [-0.4, -0.2) is 18.1 Å². The summed E-state index contributed by atoms with van der Waals surface area (Å²) in [4.78, 5) is 12.0. The SMILES string of the molecule is COc1ccccc1CC(=O)Nc1ccc(O)c(C)c1. The van der Waals surface area contributed by atoms with Crippen molar-refractivity contribution < 1.29 is 14.6 Å². The second kappa shape index (κ2) is 6.10. The molecule has 2 N–H and O–H groups in total. The summed E-state index contributed by atoms with van der Waals surface area (Å²) in [5.41, 5.74) is 2.23. The van der Waals surface area contributed by atoms with Crippen molar-refractivity contribution >= 4 is 11.6 Å². The van der Waals surface area contributed by atoms with Crippen LogP contribution in [0.3, 0.4) is 0 Å². The Morgan fingerprint density at radius 1 is 1.25 bits per heavy atom. The predicted octanol–water partition coefficient (Wildman–Crippen LogP) is 2.89. The summed E-state index contributed by atoms with van der Waals surface area (Å²) in [6.45, 7) is 1.78. The normalized spacial score (nSPS) is 10.1. The molecule has 0 saturated carbocycles. The van der Waals surface area contributed by atoms with Crippen LogP contribution < -0.4 is 10.1 Å². The number of phenols is 1. The second-order valence-corrected chi connectivity index (χ2v) is 4.54. The summed E-state index contributed by atoms with van der Waals surface area (Å²) in [5.74, 6) is 0.789. The van der Waals surface area contributed by atoms with E-state index in [0.29, 0.717) is 11.4 Å². The highest BCUT2D eigenvalue weighted by atomic mass is 16.5. The lowest BCUT2D eigenvalue weighted by molar-refractivity contribution is -0.115. The maximum absolute atomic E-state index is 12.0. The molecule has 0 aliphatic carbocycles. The van der Waals surface area contributed by atoms with Gasteiger partial charge in [0.1, 0.15) is 11.5 Å². The van der Waals surface area contributed by atoms with Gasteiger partial charge >= 0.3 is 0 Å². The third kappa shape index (κ3) is 3.29. The summed E-state index contributed by atoms with van der Waals surface area (Å²) in [7, 11) is 1.58. The maximum Gasteiger partial charge on any atom is 0.228 e. The third-order valence-electron chi connectivity index (χ3n) is 3.02. The first-order valence-corrected chi connectivity index (χ1v) is 6.31. The van der Waals surface area contributed by atoms with Gasteiger partial charge in [-0.25, -0.2) is 0 Å². The van der Waals surface area contributed by atoms with Gasteiger partial charge in [-0.2, -0.15) is 0 Å². The minimum Gasteiger partial charge on any atom is -0.508 e. The summed E-state index contributed by atoms with van der Waals surface area (Å²) in [6, 6.07) is 12.4. The Labute approximate surface area is 118 Å². The number of amides is 1. The molecule has 2 aromatic rings. The van der Waals surface area contributed by atoms with Gasteiger partial charge in [0.05, 0.1) is 13.5 Å². The van der Waals surface area contributed by atoms with Crippen molar-refractivity contribution in [1.82, 2.24) is 0 Å². The highest BCUT2D eigenvalue weighted by molar-refractivity contribution is 5.92. The van der Waals surface area contributed by atoms with E-state index in [1.807, 2.05) is 24.3 Å². The predicted molar refractivity (Wildman–Crippen MR) is 78.2 cm³/mol. The van der Waals surface area contributed by atoms with E-state index in [0.717, 1.165) is 11.1 Å². The fourth-order valence-corrected chi connectivity index (χ4v) is 1.96. The van der Waals surface area contributed by atoms with E-state index in [4.69, 9.17) is 4.74 Å². The molecule has 0 atom stereocenters. The number of aryl methyl sites for hydroxylation is 1. The largest absolute Gasteiger partial charge is 0.508 e. The van der Waals surface area contributed by atoms with E-state index in [1.54, 1.807) is 32.2 Å². The van der Waals surface area contributed by atoms with Gasteiger partial charge in [0.25, 0.3) is 0 Å². The van der Waals surface area contributed by atoms with Crippen LogP contribution in [0.1, 0.15) is 11.1 Å². The molecular weight excluding hydrogens is 254 g/mol. The fourth-order valence-electron chi connectivity index (χ4n) is 1.96. The minimum atomic E-state index is -0.125. The van der Waals surface area contributed by atoms with Crippen molar-refractivity contribution in [2.75, 3.05) is 12.4 Å². The number of anilines is 1. The number of carbonyl (C=O) groups excluding carboxylic acids is 1. The average Bonchev–Trinajstić information content (AvgIpc) is 2.43. The Hall–Kier alpha value is -2.49. The monoisotopic (exact) mass is 271 g/mol.